The van der Waals surface area contributed by atoms with Crippen LogP contribution in [-0.4, -0.2) is 39.8 Å². The second-order valence-electron chi connectivity index (χ2n) is 6.16. The molecule has 0 radical (unpaired) electrons. The minimum Gasteiger partial charge on any atom is -0.356 e. The van der Waals surface area contributed by atoms with Crippen molar-refractivity contribution >= 4 is 16.9 Å². The molecule has 1 aliphatic rings. The predicted octanol–water partition coefficient (Wildman–Crippen LogP) is 2.83. The number of nitrogens with zero attached hydrogens (tertiary/aromatic N) is 4. The molecule has 0 aromatic carbocycles. The highest BCUT2D eigenvalue weighted by atomic mass is 19.1. The zero-order valence-electron chi connectivity index (χ0n) is 13.2. The number of halogens is 1. The second kappa shape index (κ2) is 6.16. The van der Waals surface area contributed by atoms with Crippen LogP contribution in [-0.2, 0) is 0 Å². The number of aromatic nitrogens is 4. The fraction of sp³-hybridized carbons (Fsp3) is 0.353. The van der Waals surface area contributed by atoms with Gasteiger partial charge in [-0.15, -0.1) is 0 Å². The van der Waals surface area contributed by atoms with Gasteiger partial charge in [0.25, 0.3) is 0 Å². The lowest BCUT2D eigenvalue weighted by molar-refractivity contribution is 0.421. The van der Waals surface area contributed by atoms with Gasteiger partial charge in [0.05, 0.1) is 5.69 Å². The number of hydrogen-bond donors (Lipinski definition) is 2. The molecule has 3 N–H and O–H groups in total. The second-order valence-corrected chi connectivity index (χ2v) is 6.16. The molecular weight excluding hydrogens is 307 g/mol. The van der Waals surface area contributed by atoms with Crippen molar-refractivity contribution in [2.24, 2.45) is 11.7 Å². The van der Waals surface area contributed by atoms with E-state index in [9.17, 15) is 4.39 Å². The first kappa shape index (κ1) is 15.0. The van der Waals surface area contributed by atoms with Gasteiger partial charge in [0.2, 0.25) is 0 Å². The number of piperidine rings is 1. The monoisotopic (exact) mass is 330 g/mol. The summed E-state index contributed by atoms with van der Waals surface area (Å²) in [6.07, 6.45) is 3.87. The number of rotatable bonds is 3. The van der Waals surface area contributed by atoms with Crippen LogP contribution in [0.15, 0.2) is 30.5 Å². The number of pyridine rings is 2. The molecule has 0 saturated carbocycles. The van der Waals surface area contributed by atoms with E-state index in [2.05, 4.69) is 25.1 Å². The van der Waals surface area contributed by atoms with Crippen LogP contribution >= 0.6 is 0 Å². The van der Waals surface area contributed by atoms with Gasteiger partial charge in [-0.3, -0.25) is 5.10 Å². The Balaban J connectivity index is 0.00000121. The standard InChI is InChI=1S/C17H19FN6.2H2/c18-13-5-6-14(24-8-2-3-11(9-19)10-24)21-16(13)15-12-4-1-7-20-17(12)23-22-15;;/h1,4-7,11H,2-3,8-10,19H2,(H,20,22,23);2*1H. The highest BCUT2D eigenvalue weighted by Gasteiger charge is 2.22. The maximum atomic E-state index is 14.4. The highest BCUT2D eigenvalue weighted by molar-refractivity contribution is 5.89. The van der Waals surface area contributed by atoms with Crippen LogP contribution in [0.4, 0.5) is 10.2 Å². The molecule has 1 unspecified atom stereocenters. The topological polar surface area (TPSA) is 83.7 Å². The fourth-order valence-electron chi connectivity index (χ4n) is 3.28. The Morgan fingerprint density at radius 1 is 1.38 bits per heavy atom. The van der Waals surface area contributed by atoms with Crippen molar-refractivity contribution in [2.75, 3.05) is 24.5 Å². The van der Waals surface area contributed by atoms with Gasteiger partial charge in [-0.1, -0.05) is 0 Å². The molecule has 3 aromatic heterocycles. The number of H-pyrrole nitrogens is 1. The molecule has 0 bridgehead atoms. The van der Waals surface area contributed by atoms with Gasteiger partial charge in [0.1, 0.15) is 11.5 Å². The van der Waals surface area contributed by atoms with Crippen LogP contribution in [0.2, 0.25) is 0 Å². The lowest BCUT2D eigenvalue weighted by Gasteiger charge is -2.33. The molecule has 0 spiro atoms. The molecule has 6 nitrogen and oxygen atoms in total. The summed E-state index contributed by atoms with van der Waals surface area (Å²) in [6.45, 7) is 2.45. The first-order valence-electron chi connectivity index (χ1n) is 8.17. The van der Waals surface area contributed by atoms with Crippen molar-refractivity contribution in [1.82, 2.24) is 20.2 Å². The molecule has 7 heteroatoms. The molecule has 1 saturated heterocycles. The van der Waals surface area contributed by atoms with E-state index in [0.29, 0.717) is 23.8 Å². The molecule has 1 fully saturated rings. The van der Waals surface area contributed by atoms with E-state index in [4.69, 9.17) is 5.73 Å². The number of nitrogens with two attached hydrogens (primary N) is 1. The zero-order chi connectivity index (χ0) is 16.5. The summed E-state index contributed by atoms with van der Waals surface area (Å²) in [5, 5.41) is 7.76. The van der Waals surface area contributed by atoms with Gasteiger partial charge in [0, 0.05) is 27.5 Å². The molecule has 1 atom stereocenters. The minimum absolute atomic E-state index is 0. The summed E-state index contributed by atoms with van der Waals surface area (Å²) in [6, 6.07) is 6.86. The van der Waals surface area contributed by atoms with Gasteiger partial charge in [-0.2, -0.15) is 5.10 Å². The Morgan fingerprint density at radius 3 is 3.17 bits per heavy atom. The fourth-order valence-corrected chi connectivity index (χ4v) is 3.28. The number of fused-ring (bicyclic) bond motifs is 1. The van der Waals surface area contributed by atoms with Crippen molar-refractivity contribution in [3.63, 3.8) is 0 Å². The van der Waals surface area contributed by atoms with Crippen LogP contribution in [0.3, 0.4) is 0 Å². The third-order valence-electron chi connectivity index (χ3n) is 4.57. The first-order chi connectivity index (χ1) is 11.8. The van der Waals surface area contributed by atoms with E-state index in [0.717, 1.165) is 37.1 Å². The first-order valence-corrected chi connectivity index (χ1v) is 8.17. The third-order valence-corrected chi connectivity index (χ3v) is 4.57. The minimum atomic E-state index is -0.375. The number of aromatic amines is 1. The Kier molecular flexibility index (Phi) is 3.86. The van der Waals surface area contributed by atoms with Crippen LogP contribution in [0, 0.1) is 11.7 Å². The third kappa shape index (κ3) is 2.60. The highest BCUT2D eigenvalue weighted by Crippen LogP contribution is 2.29. The summed E-state index contributed by atoms with van der Waals surface area (Å²) in [5.41, 5.74) is 7.20. The van der Waals surface area contributed by atoms with E-state index in [-0.39, 0.29) is 14.4 Å². The van der Waals surface area contributed by atoms with Gasteiger partial charge >= 0.3 is 0 Å². The van der Waals surface area contributed by atoms with Gasteiger partial charge in [-0.25, -0.2) is 14.4 Å². The molecule has 4 rings (SSSR count). The van der Waals surface area contributed by atoms with Crippen molar-refractivity contribution in [1.29, 1.82) is 0 Å². The number of nitrogens with one attached hydrogen (secondary N) is 1. The molecule has 24 heavy (non-hydrogen) atoms. The van der Waals surface area contributed by atoms with Gasteiger partial charge in [0.15, 0.2) is 11.5 Å². The Hall–Kier alpha value is -2.54. The summed E-state index contributed by atoms with van der Waals surface area (Å²) in [5.74, 6) is 0.864. The summed E-state index contributed by atoms with van der Waals surface area (Å²) in [7, 11) is 0. The normalized spacial score (nSPS) is 18.2. The lowest BCUT2D eigenvalue weighted by Crippen LogP contribution is -2.38. The maximum Gasteiger partial charge on any atom is 0.181 e. The van der Waals surface area contributed by atoms with Crippen LogP contribution in [0.25, 0.3) is 22.4 Å². The quantitative estimate of drug-likeness (QED) is 0.771. The molecule has 4 heterocycles. The van der Waals surface area contributed by atoms with Crippen LogP contribution in [0.5, 0.6) is 0 Å². The molecule has 3 aromatic rings. The van der Waals surface area contributed by atoms with Crippen molar-refractivity contribution in [3.05, 3.63) is 36.3 Å². The van der Waals surface area contributed by atoms with E-state index in [1.807, 2.05) is 6.07 Å². The Bertz CT molecular complexity index is 871. The van der Waals surface area contributed by atoms with Crippen molar-refractivity contribution < 1.29 is 7.24 Å². The summed E-state index contributed by atoms with van der Waals surface area (Å²) >= 11 is 0. The van der Waals surface area contributed by atoms with Crippen molar-refractivity contribution in [2.45, 2.75) is 12.8 Å². The molecule has 0 aliphatic carbocycles. The van der Waals surface area contributed by atoms with Gasteiger partial charge < -0.3 is 10.6 Å². The van der Waals surface area contributed by atoms with Gasteiger partial charge in [-0.05, 0) is 49.6 Å². The van der Waals surface area contributed by atoms with E-state index in [1.165, 1.54) is 6.07 Å². The summed E-state index contributed by atoms with van der Waals surface area (Å²) < 4.78 is 14.4. The SMILES string of the molecule is NCC1CCCN(c2ccc(F)c(-c3[nH]nc4ncccc34)n2)C1.[HH].[HH]. The average molecular weight is 330 g/mol. The Morgan fingerprint density at radius 2 is 2.29 bits per heavy atom. The maximum absolute atomic E-state index is 14.4. The van der Waals surface area contributed by atoms with E-state index < -0.39 is 0 Å². The van der Waals surface area contributed by atoms with E-state index >= 15 is 0 Å². The largest absolute Gasteiger partial charge is 0.356 e. The van der Waals surface area contributed by atoms with E-state index in [1.54, 1.807) is 18.3 Å². The molecule has 0 amide bonds. The average Bonchev–Trinajstić information content (AvgIpc) is 3.06. The zero-order valence-corrected chi connectivity index (χ0v) is 13.2. The van der Waals surface area contributed by atoms with Crippen LogP contribution < -0.4 is 10.6 Å². The lowest BCUT2D eigenvalue weighted by atomic mass is 9.98. The number of hydrogen-bond acceptors (Lipinski definition) is 5. The Labute approximate surface area is 141 Å². The molecule has 128 valence electrons. The summed E-state index contributed by atoms with van der Waals surface area (Å²) in [4.78, 5) is 10.9. The van der Waals surface area contributed by atoms with Crippen molar-refractivity contribution in [3.8, 4) is 11.4 Å². The predicted molar refractivity (Wildman–Crippen MR) is 95.3 cm³/mol. The smallest absolute Gasteiger partial charge is 0.181 e. The molecular formula is C17H23FN6. The molecule has 1 aliphatic heterocycles. The van der Waals surface area contributed by atoms with Crippen LogP contribution in [0.1, 0.15) is 15.7 Å². The number of anilines is 1.